The maximum atomic E-state index is 6.17. The predicted molar refractivity (Wildman–Crippen MR) is 57.8 cm³/mol. The van der Waals surface area contributed by atoms with E-state index >= 15 is 0 Å². The topological polar surface area (TPSA) is 29.3 Å². The van der Waals surface area contributed by atoms with Crippen LogP contribution in [0.4, 0.5) is 0 Å². The van der Waals surface area contributed by atoms with Gasteiger partial charge in [-0.25, -0.2) is 0 Å². The molecule has 1 aliphatic heterocycles. The monoisotopic (exact) mass is 184 g/mol. The first-order valence-electron chi connectivity index (χ1n) is 5.62. The molecule has 2 unspecified atom stereocenters. The fourth-order valence-corrected chi connectivity index (χ4v) is 2.14. The number of hydrogen-bond acceptors (Lipinski definition) is 2. The molecular formula is C11H24N2. The fraction of sp³-hybridized carbons (Fsp3) is 1.00. The van der Waals surface area contributed by atoms with Crippen molar-refractivity contribution in [3.63, 3.8) is 0 Å². The van der Waals surface area contributed by atoms with Gasteiger partial charge in [0.1, 0.15) is 0 Å². The second kappa shape index (κ2) is 4.43. The average molecular weight is 184 g/mol. The lowest BCUT2D eigenvalue weighted by Crippen LogP contribution is -2.48. The third-order valence-electron chi connectivity index (χ3n) is 3.34. The van der Waals surface area contributed by atoms with E-state index in [0.29, 0.717) is 0 Å². The van der Waals surface area contributed by atoms with E-state index < -0.39 is 0 Å². The van der Waals surface area contributed by atoms with Crippen LogP contribution >= 0.6 is 0 Å². The van der Waals surface area contributed by atoms with Crippen LogP contribution in [0.2, 0.25) is 0 Å². The van der Waals surface area contributed by atoms with Gasteiger partial charge >= 0.3 is 0 Å². The third kappa shape index (κ3) is 2.96. The molecule has 1 fully saturated rings. The lowest BCUT2D eigenvalue weighted by atomic mass is 9.99. The number of likely N-dealkylation sites (tertiary alicyclic amines) is 1. The van der Waals surface area contributed by atoms with Crippen LogP contribution in [0.3, 0.4) is 0 Å². The van der Waals surface area contributed by atoms with Crippen LogP contribution in [0.25, 0.3) is 0 Å². The molecule has 1 rings (SSSR count). The number of hydrogen-bond donors (Lipinski definition) is 1. The number of nitrogens with two attached hydrogens (primary N) is 1. The number of nitrogens with zero attached hydrogens (tertiary/aromatic N) is 1. The SMILES string of the molecule is CCC1CCCN1CC(C)(N)CC. The summed E-state index contributed by atoms with van der Waals surface area (Å²) >= 11 is 0. The standard InChI is InChI=1S/C11H24N2/c1-4-10-7-6-8-13(10)9-11(3,12)5-2/h10H,4-9,12H2,1-3H3. The molecule has 1 saturated heterocycles. The Kier molecular flexibility index (Phi) is 3.74. The molecule has 0 bridgehead atoms. The Balaban J connectivity index is 2.43. The van der Waals surface area contributed by atoms with E-state index in [0.717, 1.165) is 19.0 Å². The van der Waals surface area contributed by atoms with E-state index in [9.17, 15) is 0 Å². The van der Waals surface area contributed by atoms with Crippen molar-refractivity contribution in [1.82, 2.24) is 4.90 Å². The molecule has 78 valence electrons. The first kappa shape index (κ1) is 11.0. The summed E-state index contributed by atoms with van der Waals surface area (Å²) in [5.74, 6) is 0. The van der Waals surface area contributed by atoms with Gasteiger partial charge in [0, 0.05) is 18.1 Å². The summed E-state index contributed by atoms with van der Waals surface area (Å²) in [6, 6.07) is 0.800. The summed E-state index contributed by atoms with van der Waals surface area (Å²) in [7, 11) is 0. The van der Waals surface area contributed by atoms with Crippen LogP contribution in [0.5, 0.6) is 0 Å². The highest BCUT2D eigenvalue weighted by Crippen LogP contribution is 2.22. The van der Waals surface area contributed by atoms with Crippen molar-refractivity contribution in [2.24, 2.45) is 5.73 Å². The van der Waals surface area contributed by atoms with Crippen molar-refractivity contribution < 1.29 is 0 Å². The Morgan fingerprint density at radius 1 is 1.46 bits per heavy atom. The second-order valence-electron chi connectivity index (χ2n) is 4.68. The third-order valence-corrected chi connectivity index (χ3v) is 3.34. The molecule has 2 heteroatoms. The van der Waals surface area contributed by atoms with Crippen LogP contribution in [-0.4, -0.2) is 29.6 Å². The van der Waals surface area contributed by atoms with Crippen LogP contribution < -0.4 is 5.73 Å². The van der Waals surface area contributed by atoms with Crippen LogP contribution in [0, 0.1) is 0 Å². The van der Waals surface area contributed by atoms with Gasteiger partial charge in [-0.2, -0.15) is 0 Å². The summed E-state index contributed by atoms with van der Waals surface area (Å²) in [4.78, 5) is 2.57. The first-order valence-corrected chi connectivity index (χ1v) is 5.62. The Morgan fingerprint density at radius 2 is 2.15 bits per heavy atom. The Morgan fingerprint density at radius 3 is 2.69 bits per heavy atom. The molecule has 2 atom stereocenters. The summed E-state index contributed by atoms with van der Waals surface area (Å²) in [6.07, 6.45) is 5.08. The Hall–Kier alpha value is -0.0800. The van der Waals surface area contributed by atoms with Gasteiger partial charge in [0.05, 0.1) is 0 Å². The predicted octanol–water partition coefficient (Wildman–Crippen LogP) is 1.99. The van der Waals surface area contributed by atoms with Crippen LogP contribution in [-0.2, 0) is 0 Å². The second-order valence-corrected chi connectivity index (χ2v) is 4.68. The molecule has 0 aliphatic carbocycles. The van der Waals surface area contributed by atoms with Crippen molar-refractivity contribution in [3.05, 3.63) is 0 Å². The quantitative estimate of drug-likeness (QED) is 0.724. The number of rotatable bonds is 4. The Labute approximate surface area is 82.5 Å². The lowest BCUT2D eigenvalue weighted by molar-refractivity contribution is 0.194. The van der Waals surface area contributed by atoms with Gasteiger partial charge in [-0.05, 0) is 39.2 Å². The van der Waals surface area contributed by atoms with Crippen molar-refractivity contribution in [2.45, 2.75) is 58.0 Å². The molecule has 1 heterocycles. The molecule has 0 aromatic rings. The maximum absolute atomic E-state index is 6.17. The van der Waals surface area contributed by atoms with Gasteiger partial charge in [-0.15, -0.1) is 0 Å². The van der Waals surface area contributed by atoms with E-state index in [1.807, 2.05) is 0 Å². The van der Waals surface area contributed by atoms with E-state index in [1.165, 1.54) is 25.8 Å². The largest absolute Gasteiger partial charge is 0.324 e. The summed E-state index contributed by atoms with van der Waals surface area (Å²) in [5.41, 5.74) is 6.18. The maximum Gasteiger partial charge on any atom is 0.0252 e. The van der Waals surface area contributed by atoms with Gasteiger partial charge in [0.15, 0.2) is 0 Å². The highest BCUT2D eigenvalue weighted by Gasteiger charge is 2.28. The molecule has 2 nitrogen and oxygen atoms in total. The van der Waals surface area contributed by atoms with Gasteiger partial charge in [0.2, 0.25) is 0 Å². The summed E-state index contributed by atoms with van der Waals surface area (Å²) in [5, 5.41) is 0. The Bertz CT molecular complexity index is 154. The average Bonchev–Trinajstić information content (AvgIpc) is 2.51. The van der Waals surface area contributed by atoms with Crippen LogP contribution in [0.15, 0.2) is 0 Å². The molecule has 0 amide bonds. The molecule has 13 heavy (non-hydrogen) atoms. The molecule has 1 aliphatic rings. The zero-order valence-electron chi connectivity index (χ0n) is 9.34. The zero-order valence-corrected chi connectivity index (χ0v) is 9.34. The van der Waals surface area contributed by atoms with E-state index in [2.05, 4.69) is 25.7 Å². The van der Waals surface area contributed by atoms with Crippen molar-refractivity contribution in [3.8, 4) is 0 Å². The first-order chi connectivity index (χ1) is 6.09. The molecule has 0 radical (unpaired) electrons. The molecule has 0 saturated carbocycles. The van der Waals surface area contributed by atoms with Gasteiger partial charge in [-0.1, -0.05) is 13.8 Å². The smallest absolute Gasteiger partial charge is 0.0252 e. The minimum atomic E-state index is 0.0117. The summed E-state index contributed by atoms with van der Waals surface area (Å²) < 4.78 is 0. The fourth-order valence-electron chi connectivity index (χ4n) is 2.14. The summed E-state index contributed by atoms with van der Waals surface area (Å²) in [6.45, 7) is 8.95. The molecule has 0 spiro atoms. The molecule has 0 aromatic heterocycles. The highest BCUT2D eigenvalue weighted by atomic mass is 15.2. The van der Waals surface area contributed by atoms with Gasteiger partial charge in [-0.3, -0.25) is 4.90 Å². The lowest BCUT2D eigenvalue weighted by Gasteiger charge is -2.32. The van der Waals surface area contributed by atoms with Crippen molar-refractivity contribution in [2.75, 3.05) is 13.1 Å². The molecule has 2 N–H and O–H groups in total. The van der Waals surface area contributed by atoms with Gasteiger partial charge < -0.3 is 5.73 Å². The molecule has 0 aromatic carbocycles. The minimum Gasteiger partial charge on any atom is -0.324 e. The highest BCUT2D eigenvalue weighted by molar-refractivity contribution is 4.87. The van der Waals surface area contributed by atoms with E-state index in [1.54, 1.807) is 0 Å². The van der Waals surface area contributed by atoms with Crippen molar-refractivity contribution in [1.29, 1.82) is 0 Å². The molecular weight excluding hydrogens is 160 g/mol. The van der Waals surface area contributed by atoms with E-state index in [-0.39, 0.29) is 5.54 Å². The minimum absolute atomic E-state index is 0.0117. The van der Waals surface area contributed by atoms with Crippen LogP contribution in [0.1, 0.15) is 46.5 Å². The normalized spacial score (nSPS) is 29.1. The zero-order chi connectivity index (χ0) is 9.90. The van der Waals surface area contributed by atoms with Crippen molar-refractivity contribution >= 4 is 0 Å². The van der Waals surface area contributed by atoms with Gasteiger partial charge in [0.25, 0.3) is 0 Å². The van der Waals surface area contributed by atoms with E-state index in [4.69, 9.17) is 5.73 Å².